The molecule has 0 unspecified atom stereocenters. The molecule has 1 heterocycles. The van der Waals surface area contributed by atoms with Gasteiger partial charge in [-0.1, -0.05) is 23.7 Å². The Kier molecular flexibility index (Phi) is 3.31. The first kappa shape index (κ1) is 13.5. The van der Waals surface area contributed by atoms with Crippen LogP contribution in [0.15, 0.2) is 51.6 Å². The number of nitrogens with zero attached hydrogens (tertiary/aromatic N) is 2. The van der Waals surface area contributed by atoms with Gasteiger partial charge in [0.15, 0.2) is 0 Å². The highest BCUT2D eigenvalue weighted by atomic mass is 35.5. The summed E-state index contributed by atoms with van der Waals surface area (Å²) in [6, 6.07) is 6.33. The van der Waals surface area contributed by atoms with Crippen LogP contribution in [-0.4, -0.2) is 23.1 Å². The summed E-state index contributed by atoms with van der Waals surface area (Å²) in [5, 5.41) is 14.5. The Morgan fingerprint density at radius 2 is 2.10 bits per heavy atom. The lowest BCUT2D eigenvalue weighted by Gasteiger charge is -2.08. The van der Waals surface area contributed by atoms with Crippen LogP contribution in [0.5, 0.6) is 0 Å². The van der Waals surface area contributed by atoms with Gasteiger partial charge in [0, 0.05) is 28.8 Å². The fraction of sp³-hybridized carbons (Fsp3) is 0.143. The van der Waals surface area contributed by atoms with E-state index in [9.17, 15) is 14.9 Å². The highest BCUT2D eigenvalue weighted by molar-refractivity contribution is 6.32. The highest BCUT2D eigenvalue weighted by Gasteiger charge is 2.28. The van der Waals surface area contributed by atoms with Crippen molar-refractivity contribution >= 4 is 28.9 Å². The second kappa shape index (κ2) is 5.14. The number of para-hydroxylation sites is 1. The first-order valence-electron chi connectivity index (χ1n) is 6.24. The number of hydrogen-bond acceptors (Lipinski definition) is 4. The second-order valence-corrected chi connectivity index (χ2v) is 5.13. The van der Waals surface area contributed by atoms with E-state index in [1.165, 1.54) is 6.07 Å². The maximum Gasteiger partial charge on any atom is 0.278 e. The third kappa shape index (κ3) is 2.45. The lowest BCUT2D eigenvalue weighted by atomic mass is 10.0. The molecule has 3 rings (SSSR count). The Morgan fingerprint density at radius 3 is 2.86 bits per heavy atom. The Hall–Kier alpha value is -2.47. The molecule has 0 bridgehead atoms. The van der Waals surface area contributed by atoms with E-state index >= 15 is 0 Å². The molecule has 6 nitrogen and oxygen atoms in total. The van der Waals surface area contributed by atoms with Gasteiger partial charge in [-0.3, -0.25) is 19.9 Å². The van der Waals surface area contributed by atoms with Gasteiger partial charge < -0.3 is 5.32 Å². The Bertz CT molecular complexity index is 750. The quantitative estimate of drug-likeness (QED) is 0.672. The number of hydrogen-bond donors (Lipinski definition) is 1. The fourth-order valence-corrected chi connectivity index (χ4v) is 2.63. The van der Waals surface area contributed by atoms with Crippen LogP contribution in [-0.2, 0) is 4.79 Å². The number of nitro groups is 1. The van der Waals surface area contributed by atoms with Gasteiger partial charge in [-0.05, 0) is 12.1 Å². The number of benzene rings is 1. The maximum absolute atomic E-state index is 11.7. The molecule has 1 aromatic carbocycles. The molecule has 2 aliphatic rings. The molecule has 0 atom stereocenters. The van der Waals surface area contributed by atoms with Gasteiger partial charge >= 0.3 is 0 Å². The molecule has 1 aliphatic heterocycles. The number of amides is 1. The molecular formula is C14H10ClN3O3. The predicted octanol–water partition coefficient (Wildman–Crippen LogP) is 2.29. The van der Waals surface area contributed by atoms with Gasteiger partial charge in [-0.15, -0.1) is 0 Å². The number of rotatable bonds is 2. The number of carbonyl (C=O) groups excluding carboxylic acids is 1. The summed E-state index contributed by atoms with van der Waals surface area (Å²) in [5.41, 5.74) is 2.04. The number of carbonyl (C=O) groups is 1. The largest absolute Gasteiger partial charge is 0.327 e. The van der Waals surface area contributed by atoms with E-state index in [1.54, 1.807) is 24.3 Å². The molecule has 0 fully saturated rings. The molecule has 0 saturated heterocycles. The van der Waals surface area contributed by atoms with Crippen molar-refractivity contribution in [2.75, 3.05) is 6.54 Å². The van der Waals surface area contributed by atoms with Crippen LogP contribution in [0.2, 0.25) is 0 Å². The summed E-state index contributed by atoms with van der Waals surface area (Å²) < 4.78 is 0. The summed E-state index contributed by atoms with van der Waals surface area (Å²) in [6.45, 7) is -0.0696. The van der Waals surface area contributed by atoms with E-state index in [0.717, 1.165) is 0 Å². The standard InChI is InChI=1S/C14H10ClN3O3/c15-8-5-10-11(6-8)17-13(19)7-16-14(10)9-3-1-2-4-12(9)18(20)21/h1-5H,6-7H2,(H,17,19). The van der Waals surface area contributed by atoms with Crippen molar-refractivity contribution in [1.29, 1.82) is 0 Å². The minimum Gasteiger partial charge on any atom is -0.327 e. The Morgan fingerprint density at radius 1 is 1.33 bits per heavy atom. The predicted molar refractivity (Wildman–Crippen MR) is 78.2 cm³/mol. The van der Waals surface area contributed by atoms with E-state index < -0.39 is 4.92 Å². The third-order valence-corrected chi connectivity index (χ3v) is 3.50. The molecule has 21 heavy (non-hydrogen) atoms. The molecule has 0 radical (unpaired) electrons. The van der Waals surface area contributed by atoms with Crippen LogP contribution in [0.4, 0.5) is 5.69 Å². The molecule has 1 aromatic rings. The van der Waals surface area contributed by atoms with E-state index in [1.807, 2.05) is 0 Å². The van der Waals surface area contributed by atoms with E-state index in [4.69, 9.17) is 11.6 Å². The van der Waals surface area contributed by atoms with Crippen LogP contribution in [0.25, 0.3) is 0 Å². The summed E-state index contributed by atoms with van der Waals surface area (Å²) in [5.74, 6) is -0.254. The van der Waals surface area contributed by atoms with Gasteiger partial charge in [-0.25, -0.2) is 0 Å². The molecular weight excluding hydrogens is 294 g/mol. The molecule has 1 amide bonds. The van der Waals surface area contributed by atoms with Crippen LogP contribution in [0, 0.1) is 10.1 Å². The number of allylic oxidation sites excluding steroid dienone is 3. The van der Waals surface area contributed by atoms with Gasteiger partial charge in [0.2, 0.25) is 5.91 Å². The highest BCUT2D eigenvalue weighted by Crippen LogP contribution is 2.32. The van der Waals surface area contributed by atoms with Crippen molar-refractivity contribution in [2.45, 2.75) is 6.42 Å². The van der Waals surface area contributed by atoms with Crippen molar-refractivity contribution in [2.24, 2.45) is 4.99 Å². The van der Waals surface area contributed by atoms with Crippen molar-refractivity contribution in [3.63, 3.8) is 0 Å². The van der Waals surface area contributed by atoms with Crippen LogP contribution in [0.3, 0.4) is 0 Å². The first-order valence-corrected chi connectivity index (χ1v) is 6.62. The zero-order valence-corrected chi connectivity index (χ0v) is 11.6. The average molecular weight is 304 g/mol. The molecule has 7 heteroatoms. The van der Waals surface area contributed by atoms with Crippen molar-refractivity contribution in [3.05, 3.63) is 62.3 Å². The lowest BCUT2D eigenvalue weighted by molar-refractivity contribution is -0.385. The maximum atomic E-state index is 11.7. The molecule has 0 spiro atoms. The summed E-state index contributed by atoms with van der Waals surface area (Å²) in [7, 11) is 0. The Balaban J connectivity index is 2.18. The van der Waals surface area contributed by atoms with Crippen LogP contribution < -0.4 is 5.32 Å². The van der Waals surface area contributed by atoms with Crippen LogP contribution >= 0.6 is 11.6 Å². The topological polar surface area (TPSA) is 84.6 Å². The Labute approximate surface area is 125 Å². The summed E-state index contributed by atoms with van der Waals surface area (Å²) >= 11 is 6.02. The zero-order chi connectivity index (χ0) is 15.0. The average Bonchev–Trinajstić information content (AvgIpc) is 2.72. The SMILES string of the molecule is O=C1CN=C(c2ccccc2[N+](=O)[O-])C2=C(CC(Cl)=C2)N1. The number of aliphatic imine (C=N–C) groups is 1. The lowest BCUT2D eigenvalue weighted by Crippen LogP contribution is -2.23. The van der Waals surface area contributed by atoms with Gasteiger partial charge in [0.05, 0.1) is 16.2 Å². The minimum absolute atomic E-state index is 0.0473. The number of halogens is 1. The first-order chi connectivity index (χ1) is 10.1. The van der Waals surface area contributed by atoms with E-state index in [-0.39, 0.29) is 18.1 Å². The molecule has 0 saturated carbocycles. The van der Waals surface area contributed by atoms with E-state index in [2.05, 4.69) is 10.3 Å². The number of nitro benzene ring substituents is 1. The summed E-state index contributed by atoms with van der Waals surface area (Å²) in [4.78, 5) is 26.6. The van der Waals surface area contributed by atoms with Crippen molar-refractivity contribution in [3.8, 4) is 0 Å². The van der Waals surface area contributed by atoms with Crippen molar-refractivity contribution < 1.29 is 9.72 Å². The minimum atomic E-state index is -0.460. The van der Waals surface area contributed by atoms with Gasteiger partial charge in [0.1, 0.15) is 6.54 Å². The molecule has 1 N–H and O–H groups in total. The van der Waals surface area contributed by atoms with Gasteiger partial charge in [0.25, 0.3) is 5.69 Å². The second-order valence-electron chi connectivity index (χ2n) is 4.65. The zero-order valence-electron chi connectivity index (χ0n) is 10.8. The monoisotopic (exact) mass is 303 g/mol. The molecule has 106 valence electrons. The third-order valence-electron chi connectivity index (χ3n) is 3.25. The van der Waals surface area contributed by atoms with Crippen LogP contribution in [0.1, 0.15) is 12.0 Å². The molecule has 0 aromatic heterocycles. The number of nitrogens with one attached hydrogen (secondary N) is 1. The molecule has 1 aliphatic carbocycles. The normalized spacial score (nSPS) is 17.7. The van der Waals surface area contributed by atoms with E-state index in [0.29, 0.717) is 34.0 Å². The fourth-order valence-electron chi connectivity index (χ4n) is 2.39. The smallest absolute Gasteiger partial charge is 0.278 e. The summed E-state index contributed by atoms with van der Waals surface area (Å²) in [6.07, 6.45) is 2.10. The van der Waals surface area contributed by atoms with Crippen molar-refractivity contribution in [1.82, 2.24) is 5.32 Å². The van der Waals surface area contributed by atoms with Gasteiger partial charge in [-0.2, -0.15) is 0 Å².